The van der Waals surface area contributed by atoms with Crippen molar-refractivity contribution in [1.82, 2.24) is 0 Å². The van der Waals surface area contributed by atoms with Gasteiger partial charge in [0.05, 0.1) is 18.5 Å². The highest BCUT2D eigenvalue weighted by molar-refractivity contribution is 6.07. The lowest BCUT2D eigenvalue weighted by atomic mass is 10.3. The molecule has 48 valence electrons. The van der Waals surface area contributed by atoms with E-state index in [4.69, 9.17) is 17.6 Å². The molecule has 0 spiro atoms. The van der Waals surface area contributed by atoms with E-state index in [0.29, 0.717) is 13.2 Å². The predicted octanol–water partition coefficient (Wildman–Crippen LogP) is 1.06. The van der Waals surface area contributed by atoms with Crippen LogP contribution < -0.4 is 5.73 Å². The minimum absolute atomic E-state index is 0.435. The highest BCUT2D eigenvalue weighted by Crippen LogP contribution is 1.88. The smallest absolute Gasteiger partial charge is 0.0867 e. The first kappa shape index (κ1) is 7.95. The van der Waals surface area contributed by atoms with Gasteiger partial charge in [-0.05, 0) is 6.92 Å². The van der Waals surface area contributed by atoms with Crippen LogP contribution in [-0.4, -0.2) is 13.2 Å². The molecule has 0 bridgehead atoms. The molecule has 0 aliphatic heterocycles. The van der Waals surface area contributed by atoms with Crippen LogP contribution in [0.5, 0.6) is 0 Å². The van der Waals surface area contributed by atoms with Gasteiger partial charge in [0.15, 0.2) is 0 Å². The normalized spacial score (nSPS) is 12.1. The van der Waals surface area contributed by atoms with E-state index in [1.165, 1.54) is 0 Å². The van der Waals surface area contributed by atoms with Crippen LogP contribution in [0, 0.1) is 0 Å². The molecule has 0 aromatic rings. The Labute approximate surface area is 54.4 Å². The zero-order chi connectivity index (χ0) is 6.41. The van der Waals surface area contributed by atoms with Gasteiger partial charge in [0.1, 0.15) is 0 Å². The minimum Gasteiger partial charge on any atom is -0.327 e. The Balaban J connectivity index is 3.26. The van der Waals surface area contributed by atoms with Gasteiger partial charge in [0, 0.05) is 6.54 Å². The monoisotopic (exact) mass is 135 g/mol. The lowest BCUT2D eigenvalue weighted by molar-refractivity contribution is 0.403. The molecule has 0 radical (unpaired) electrons. The van der Waals surface area contributed by atoms with Crippen molar-refractivity contribution in [2.24, 2.45) is 5.73 Å². The van der Waals surface area contributed by atoms with Crippen molar-refractivity contribution in [3.05, 3.63) is 11.6 Å². The van der Waals surface area contributed by atoms with E-state index < -0.39 is 0 Å². The average molecular weight is 136 g/mol. The summed E-state index contributed by atoms with van der Waals surface area (Å²) >= 11 is 4.92. The Hall–Kier alpha value is -0.0500. The molecule has 2 nitrogen and oxygen atoms in total. The van der Waals surface area contributed by atoms with Crippen LogP contribution in [0.1, 0.15) is 6.92 Å². The van der Waals surface area contributed by atoms with E-state index in [1.807, 2.05) is 13.0 Å². The summed E-state index contributed by atoms with van der Waals surface area (Å²) in [6.07, 6.45) is 1.84. The first-order valence-electron chi connectivity index (χ1n) is 2.40. The van der Waals surface area contributed by atoms with E-state index in [9.17, 15) is 0 Å². The zero-order valence-electron chi connectivity index (χ0n) is 4.86. The fraction of sp³-hybridized carbons (Fsp3) is 0.600. The van der Waals surface area contributed by atoms with E-state index in [0.717, 1.165) is 5.57 Å². The van der Waals surface area contributed by atoms with E-state index in [2.05, 4.69) is 4.29 Å². The maximum atomic E-state index is 5.25. The predicted molar refractivity (Wildman–Crippen MR) is 34.6 cm³/mol. The minimum atomic E-state index is 0.435. The summed E-state index contributed by atoms with van der Waals surface area (Å²) in [7, 11) is 0. The van der Waals surface area contributed by atoms with Gasteiger partial charge in [-0.2, -0.15) is 0 Å². The summed E-state index contributed by atoms with van der Waals surface area (Å²) in [6, 6.07) is 0. The number of rotatable bonds is 3. The Morgan fingerprint density at radius 3 is 2.88 bits per heavy atom. The van der Waals surface area contributed by atoms with Crippen molar-refractivity contribution in [3.8, 4) is 0 Å². The second-order valence-electron chi connectivity index (χ2n) is 1.53. The molecule has 8 heavy (non-hydrogen) atoms. The van der Waals surface area contributed by atoms with Crippen molar-refractivity contribution in [3.63, 3.8) is 0 Å². The van der Waals surface area contributed by atoms with Crippen LogP contribution in [0.15, 0.2) is 11.6 Å². The largest absolute Gasteiger partial charge is 0.327 e. The SMILES string of the molecule is C/C(=C/COCl)CN. The molecular formula is C5H10ClNO. The van der Waals surface area contributed by atoms with Gasteiger partial charge in [-0.1, -0.05) is 11.6 Å². The topological polar surface area (TPSA) is 35.2 Å². The quantitative estimate of drug-likeness (QED) is 0.588. The van der Waals surface area contributed by atoms with Gasteiger partial charge >= 0.3 is 0 Å². The maximum Gasteiger partial charge on any atom is 0.0867 e. The molecular weight excluding hydrogens is 126 g/mol. The molecule has 0 amide bonds. The molecule has 0 rings (SSSR count). The second-order valence-corrected chi connectivity index (χ2v) is 1.75. The summed E-state index contributed by atoms with van der Waals surface area (Å²) in [4.78, 5) is 0. The van der Waals surface area contributed by atoms with Gasteiger partial charge in [-0.3, -0.25) is 4.29 Å². The summed E-state index contributed by atoms with van der Waals surface area (Å²) in [6.45, 7) is 2.93. The van der Waals surface area contributed by atoms with Crippen LogP contribution in [-0.2, 0) is 4.29 Å². The standard InChI is InChI=1S/C5H10ClNO/c1-5(4-7)2-3-8-6/h2H,3-4,7H2,1H3/b5-2-. The molecule has 0 aliphatic rings. The molecule has 0 saturated heterocycles. The van der Waals surface area contributed by atoms with Crippen LogP contribution in [0.3, 0.4) is 0 Å². The van der Waals surface area contributed by atoms with Gasteiger partial charge in [-0.15, -0.1) is 0 Å². The molecule has 0 saturated carbocycles. The lowest BCUT2D eigenvalue weighted by Gasteiger charge is -1.91. The van der Waals surface area contributed by atoms with Crippen LogP contribution in [0.4, 0.5) is 0 Å². The van der Waals surface area contributed by atoms with Crippen LogP contribution >= 0.6 is 11.9 Å². The summed E-state index contributed by atoms with van der Waals surface area (Å²) in [5.41, 5.74) is 6.33. The van der Waals surface area contributed by atoms with E-state index >= 15 is 0 Å². The van der Waals surface area contributed by atoms with Crippen molar-refractivity contribution in [2.45, 2.75) is 6.92 Å². The van der Waals surface area contributed by atoms with Crippen molar-refractivity contribution < 1.29 is 4.29 Å². The lowest BCUT2D eigenvalue weighted by Crippen LogP contribution is -2.00. The highest BCUT2D eigenvalue weighted by atomic mass is 35.5. The number of halogens is 1. The van der Waals surface area contributed by atoms with Gasteiger partial charge in [-0.25, -0.2) is 0 Å². The van der Waals surface area contributed by atoms with Crippen molar-refractivity contribution in [1.29, 1.82) is 0 Å². The maximum absolute atomic E-state index is 5.25. The number of hydrogen-bond donors (Lipinski definition) is 1. The zero-order valence-corrected chi connectivity index (χ0v) is 5.61. The third-order valence-corrected chi connectivity index (χ3v) is 0.943. The van der Waals surface area contributed by atoms with Gasteiger partial charge in [0.2, 0.25) is 0 Å². The van der Waals surface area contributed by atoms with Gasteiger partial charge in [0.25, 0.3) is 0 Å². The fourth-order valence-corrected chi connectivity index (χ4v) is 0.320. The second kappa shape index (κ2) is 5.09. The molecule has 0 aromatic heterocycles. The Bertz CT molecular complexity index is 82.5. The molecule has 0 aromatic carbocycles. The van der Waals surface area contributed by atoms with Crippen molar-refractivity contribution >= 4 is 11.9 Å². The van der Waals surface area contributed by atoms with Gasteiger partial charge < -0.3 is 5.73 Å². The molecule has 0 aliphatic carbocycles. The Morgan fingerprint density at radius 1 is 1.88 bits per heavy atom. The third-order valence-electron chi connectivity index (χ3n) is 0.817. The van der Waals surface area contributed by atoms with Crippen LogP contribution in [0.25, 0.3) is 0 Å². The summed E-state index contributed by atoms with van der Waals surface area (Å²) < 4.78 is 4.25. The summed E-state index contributed by atoms with van der Waals surface area (Å²) in [5, 5.41) is 0. The molecule has 3 heteroatoms. The summed E-state index contributed by atoms with van der Waals surface area (Å²) in [5.74, 6) is 0. The van der Waals surface area contributed by atoms with E-state index in [1.54, 1.807) is 0 Å². The number of nitrogens with two attached hydrogens (primary N) is 1. The highest BCUT2D eigenvalue weighted by Gasteiger charge is 1.80. The average Bonchev–Trinajstić information content (AvgIpc) is 1.83. The molecule has 2 N–H and O–H groups in total. The van der Waals surface area contributed by atoms with Crippen LogP contribution in [0.2, 0.25) is 0 Å². The Morgan fingerprint density at radius 2 is 2.50 bits per heavy atom. The van der Waals surface area contributed by atoms with E-state index in [-0.39, 0.29) is 0 Å². The van der Waals surface area contributed by atoms with Crippen molar-refractivity contribution in [2.75, 3.05) is 13.2 Å². The molecule has 0 fully saturated rings. The molecule has 0 atom stereocenters. The number of hydrogen-bond acceptors (Lipinski definition) is 2. The third kappa shape index (κ3) is 4.12. The Kier molecular flexibility index (Phi) is 5.06. The first-order valence-corrected chi connectivity index (χ1v) is 2.71. The molecule has 0 unspecified atom stereocenters. The first-order chi connectivity index (χ1) is 3.81. The fourth-order valence-electron chi connectivity index (χ4n) is 0.257. The molecule has 0 heterocycles.